The van der Waals surface area contributed by atoms with Gasteiger partial charge in [-0.25, -0.2) is 8.78 Å². The minimum Gasteiger partial charge on any atom is -0.322 e. The lowest BCUT2D eigenvalue weighted by Crippen LogP contribution is -2.12. The number of rotatable bonds is 2. The molecule has 20 heavy (non-hydrogen) atoms. The van der Waals surface area contributed by atoms with Crippen molar-refractivity contribution in [3.63, 3.8) is 0 Å². The maximum Gasteiger partial charge on any atom is 0.255 e. The predicted molar refractivity (Wildman–Crippen MR) is 77.9 cm³/mol. The standard InChI is InChI=1S/C15H12BrF2NO/c1-8-5-11(6-9(2)14(8)16)19-15(20)10-3-4-12(17)13(18)7-10/h3-7H,1-2H3,(H,19,20). The van der Waals surface area contributed by atoms with Crippen molar-refractivity contribution in [3.05, 3.63) is 63.1 Å². The lowest BCUT2D eigenvalue weighted by molar-refractivity contribution is 0.102. The molecule has 0 atom stereocenters. The molecule has 0 aliphatic heterocycles. The number of aryl methyl sites for hydroxylation is 2. The van der Waals surface area contributed by atoms with E-state index in [1.54, 1.807) is 12.1 Å². The minimum absolute atomic E-state index is 0.0714. The van der Waals surface area contributed by atoms with Crippen molar-refractivity contribution in [1.82, 2.24) is 0 Å². The molecule has 1 N–H and O–H groups in total. The van der Waals surface area contributed by atoms with E-state index in [-0.39, 0.29) is 5.56 Å². The van der Waals surface area contributed by atoms with Crippen LogP contribution in [0.4, 0.5) is 14.5 Å². The number of nitrogens with one attached hydrogen (secondary N) is 1. The van der Waals surface area contributed by atoms with Gasteiger partial charge in [0.05, 0.1) is 0 Å². The molecule has 0 bridgehead atoms. The monoisotopic (exact) mass is 339 g/mol. The normalized spacial score (nSPS) is 10.4. The Morgan fingerprint density at radius 1 is 1.05 bits per heavy atom. The van der Waals surface area contributed by atoms with E-state index in [0.29, 0.717) is 5.69 Å². The molecule has 0 aliphatic rings. The summed E-state index contributed by atoms with van der Waals surface area (Å²) >= 11 is 3.44. The van der Waals surface area contributed by atoms with E-state index in [2.05, 4.69) is 21.2 Å². The van der Waals surface area contributed by atoms with Gasteiger partial charge in [-0.3, -0.25) is 4.79 Å². The fraction of sp³-hybridized carbons (Fsp3) is 0.133. The molecule has 0 aliphatic carbocycles. The van der Waals surface area contributed by atoms with Gasteiger partial charge in [0, 0.05) is 15.7 Å². The summed E-state index contributed by atoms with van der Waals surface area (Å²) in [5.74, 6) is -2.50. The molecule has 2 aromatic carbocycles. The van der Waals surface area contributed by atoms with Gasteiger partial charge >= 0.3 is 0 Å². The fourth-order valence-electron chi connectivity index (χ4n) is 1.86. The maximum atomic E-state index is 13.1. The highest BCUT2D eigenvalue weighted by Crippen LogP contribution is 2.25. The number of amides is 1. The zero-order valence-corrected chi connectivity index (χ0v) is 12.5. The van der Waals surface area contributed by atoms with Gasteiger partial charge in [-0.1, -0.05) is 15.9 Å². The van der Waals surface area contributed by atoms with Crippen molar-refractivity contribution >= 4 is 27.5 Å². The Bertz CT molecular complexity index is 663. The first-order valence-corrected chi connectivity index (χ1v) is 6.71. The molecule has 0 radical (unpaired) electrons. The van der Waals surface area contributed by atoms with Gasteiger partial charge in [0.25, 0.3) is 5.91 Å². The molecule has 0 fully saturated rings. The highest BCUT2D eigenvalue weighted by atomic mass is 79.9. The van der Waals surface area contributed by atoms with Crippen LogP contribution < -0.4 is 5.32 Å². The number of anilines is 1. The van der Waals surface area contributed by atoms with Crippen LogP contribution in [0, 0.1) is 25.5 Å². The van der Waals surface area contributed by atoms with Gasteiger partial charge in [-0.2, -0.15) is 0 Å². The van der Waals surface area contributed by atoms with Crippen LogP contribution in [0.5, 0.6) is 0 Å². The van der Waals surface area contributed by atoms with Crippen LogP contribution in [0.15, 0.2) is 34.8 Å². The average molecular weight is 340 g/mol. The van der Waals surface area contributed by atoms with Crippen LogP contribution in [0.3, 0.4) is 0 Å². The molecule has 0 heterocycles. The first-order chi connectivity index (χ1) is 9.38. The summed E-state index contributed by atoms with van der Waals surface area (Å²) in [7, 11) is 0. The summed E-state index contributed by atoms with van der Waals surface area (Å²) in [5, 5.41) is 2.66. The summed E-state index contributed by atoms with van der Waals surface area (Å²) in [4.78, 5) is 12.0. The van der Waals surface area contributed by atoms with Crippen molar-refractivity contribution < 1.29 is 13.6 Å². The van der Waals surface area contributed by atoms with Crippen molar-refractivity contribution in [1.29, 1.82) is 0 Å². The average Bonchev–Trinajstić information content (AvgIpc) is 2.39. The molecule has 5 heteroatoms. The van der Waals surface area contributed by atoms with E-state index in [9.17, 15) is 13.6 Å². The van der Waals surface area contributed by atoms with Gasteiger partial charge in [0.15, 0.2) is 11.6 Å². The van der Waals surface area contributed by atoms with Gasteiger partial charge in [0.1, 0.15) is 0 Å². The molecule has 2 aromatic rings. The largest absolute Gasteiger partial charge is 0.322 e. The van der Waals surface area contributed by atoms with Crippen LogP contribution in [-0.2, 0) is 0 Å². The SMILES string of the molecule is Cc1cc(NC(=O)c2ccc(F)c(F)c2)cc(C)c1Br. The molecule has 2 rings (SSSR count). The number of carbonyl (C=O) groups is 1. The Hall–Kier alpha value is -1.75. The van der Waals surface area contributed by atoms with Crippen molar-refractivity contribution in [3.8, 4) is 0 Å². The lowest BCUT2D eigenvalue weighted by Gasteiger charge is -2.10. The van der Waals surface area contributed by atoms with E-state index < -0.39 is 17.5 Å². The lowest BCUT2D eigenvalue weighted by atomic mass is 10.1. The van der Waals surface area contributed by atoms with Crippen molar-refractivity contribution in [2.75, 3.05) is 5.32 Å². The molecule has 0 saturated heterocycles. The summed E-state index contributed by atoms with van der Waals surface area (Å²) in [6.45, 7) is 3.81. The van der Waals surface area contributed by atoms with Crippen molar-refractivity contribution in [2.24, 2.45) is 0 Å². The first kappa shape index (κ1) is 14.7. The van der Waals surface area contributed by atoms with Gasteiger partial charge in [0.2, 0.25) is 0 Å². The predicted octanol–water partition coefficient (Wildman–Crippen LogP) is 4.60. The summed E-state index contributed by atoms with van der Waals surface area (Å²) in [5.41, 5.74) is 2.64. The Labute approximate surface area is 123 Å². The maximum absolute atomic E-state index is 13.1. The Balaban J connectivity index is 2.25. The third kappa shape index (κ3) is 3.04. The van der Waals surface area contributed by atoms with E-state index in [4.69, 9.17) is 0 Å². The fourth-order valence-corrected chi connectivity index (χ4v) is 2.09. The Kier molecular flexibility index (Phi) is 4.18. The van der Waals surface area contributed by atoms with Crippen LogP contribution in [0.25, 0.3) is 0 Å². The molecule has 104 valence electrons. The second kappa shape index (κ2) is 5.71. The third-order valence-corrected chi connectivity index (χ3v) is 4.13. The van der Waals surface area contributed by atoms with Gasteiger partial charge in [-0.05, 0) is 55.3 Å². The zero-order valence-electron chi connectivity index (χ0n) is 10.9. The topological polar surface area (TPSA) is 29.1 Å². The number of benzene rings is 2. The molecule has 0 spiro atoms. The zero-order chi connectivity index (χ0) is 14.9. The van der Waals surface area contributed by atoms with E-state index in [1.165, 1.54) is 6.07 Å². The molecule has 2 nitrogen and oxygen atoms in total. The van der Waals surface area contributed by atoms with Crippen LogP contribution in [0.1, 0.15) is 21.5 Å². The van der Waals surface area contributed by atoms with E-state index in [1.807, 2.05) is 13.8 Å². The number of hydrogen-bond donors (Lipinski definition) is 1. The van der Waals surface area contributed by atoms with E-state index in [0.717, 1.165) is 27.7 Å². The number of hydrogen-bond acceptors (Lipinski definition) is 1. The van der Waals surface area contributed by atoms with E-state index >= 15 is 0 Å². The van der Waals surface area contributed by atoms with Gasteiger partial charge < -0.3 is 5.32 Å². The Morgan fingerprint density at radius 2 is 1.65 bits per heavy atom. The smallest absolute Gasteiger partial charge is 0.255 e. The number of carbonyl (C=O) groups excluding carboxylic acids is 1. The summed E-state index contributed by atoms with van der Waals surface area (Å²) in [6, 6.07) is 6.65. The summed E-state index contributed by atoms with van der Waals surface area (Å²) in [6.07, 6.45) is 0. The molecule has 0 saturated carbocycles. The minimum atomic E-state index is -1.04. The Morgan fingerprint density at radius 3 is 2.20 bits per heavy atom. The quantitative estimate of drug-likeness (QED) is 0.851. The second-order valence-electron chi connectivity index (χ2n) is 4.51. The number of halogens is 3. The van der Waals surface area contributed by atoms with Crippen LogP contribution >= 0.6 is 15.9 Å². The summed E-state index contributed by atoms with van der Waals surface area (Å²) < 4.78 is 26.9. The molecular formula is C15H12BrF2NO. The molecule has 1 amide bonds. The molecule has 0 aromatic heterocycles. The first-order valence-electron chi connectivity index (χ1n) is 5.91. The molecule has 0 unspecified atom stereocenters. The second-order valence-corrected chi connectivity index (χ2v) is 5.30. The molecular weight excluding hydrogens is 328 g/mol. The van der Waals surface area contributed by atoms with Crippen molar-refractivity contribution in [2.45, 2.75) is 13.8 Å². The highest BCUT2D eigenvalue weighted by Gasteiger charge is 2.11. The van der Waals surface area contributed by atoms with Crippen LogP contribution in [0.2, 0.25) is 0 Å². The van der Waals surface area contributed by atoms with Crippen LogP contribution in [-0.4, -0.2) is 5.91 Å². The van der Waals surface area contributed by atoms with Gasteiger partial charge in [-0.15, -0.1) is 0 Å². The highest BCUT2D eigenvalue weighted by molar-refractivity contribution is 9.10. The third-order valence-electron chi connectivity index (χ3n) is 2.88.